The molecular weight excluding hydrogens is 338 g/mol. The maximum atomic E-state index is 10.9. The molecule has 0 bridgehead atoms. The van der Waals surface area contributed by atoms with Gasteiger partial charge >= 0.3 is 0 Å². The van der Waals surface area contributed by atoms with E-state index in [2.05, 4.69) is 26.0 Å². The van der Waals surface area contributed by atoms with Gasteiger partial charge in [0.15, 0.2) is 0 Å². The Morgan fingerprint density at radius 1 is 1.37 bits per heavy atom. The molecule has 1 rings (SSSR count). The maximum Gasteiger partial charge on any atom is 0.273 e. The fourth-order valence-corrected chi connectivity index (χ4v) is 2.38. The first-order chi connectivity index (χ1) is 8.70. The molecule has 0 unspecified atom stereocenters. The summed E-state index contributed by atoms with van der Waals surface area (Å²) < 4.78 is 24.6. The highest BCUT2D eigenvalue weighted by Crippen LogP contribution is 2.30. The van der Waals surface area contributed by atoms with E-state index >= 15 is 0 Å². The van der Waals surface area contributed by atoms with Crippen LogP contribution in [0.5, 0.6) is 0 Å². The van der Waals surface area contributed by atoms with Gasteiger partial charge in [-0.1, -0.05) is 0 Å². The SMILES string of the molecule is Cc1cc(NCCNS(C)(=O)=O)c(Br)cc1[N+](=O)[O-]. The van der Waals surface area contributed by atoms with Crippen molar-refractivity contribution in [2.45, 2.75) is 6.92 Å². The molecule has 1 aromatic rings. The Morgan fingerprint density at radius 3 is 2.53 bits per heavy atom. The Labute approximate surface area is 119 Å². The predicted octanol–water partition coefficient (Wildman–Crippen LogP) is 1.63. The Morgan fingerprint density at radius 2 is 2.00 bits per heavy atom. The zero-order chi connectivity index (χ0) is 14.6. The van der Waals surface area contributed by atoms with Crippen molar-refractivity contribution >= 4 is 37.3 Å². The molecule has 9 heteroatoms. The fourth-order valence-electron chi connectivity index (χ4n) is 1.44. The molecule has 7 nitrogen and oxygen atoms in total. The first-order valence-corrected chi connectivity index (χ1v) is 8.02. The standard InChI is InChI=1S/C10H14BrN3O4S/c1-7-5-9(8(11)6-10(7)14(15)16)12-3-4-13-19(2,17)18/h5-6,12-13H,3-4H2,1-2H3. The van der Waals surface area contributed by atoms with Gasteiger partial charge in [0.1, 0.15) is 0 Å². The second-order valence-corrected chi connectivity index (χ2v) is 6.66. The van der Waals surface area contributed by atoms with Crippen LogP contribution in [-0.2, 0) is 10.0 Å². The van der Waals surface area contributed by atoms with Crippen LogP contribution in [0.15, 0.2) is 16.6 Å². The third-order valence-corrected chi connectivity index (χ3v) is 3.67. The fraction of sp³-hybridized carbons (Fsp3) is 0.400. The molecule has 0 fully saturated rings. The highest BCUT2D eigenvalue weighted by atomic mass is 79.9. The monoisotopic (exact) mass is 351 g/mol. The smallest absolute Gasteiger partial charge is 0.273 e. The Balaban J connectivity index is 2.70. The number of hydrogen-bond donors (Lipinski definition) is 2. The third-order valence-electron chi connectivity index (χ3n) is 2.29. The molecule has 0 atom stereocenters. The number of hydrogen-bond acceptors (Lipinski definition) is 5. The zero-order valence-corrected chi connectivity index (χ0v) is 12.8. The minimum atomic E-state index is -3.21. The summed E-state index contributed by atoms with van der Waals surface area (Å²) >= 11 is 3.24. The molecule has 0 saturated carbocycles. The molecule has 0 heterocycles. The van der Waals surface area contributed by atoms with E-state index in [-0.39, 0.29) is 12.2 Å². The lowest BCUT2D eigenvalue weighted by Crippen LogP contribution is -2.27. The lowest BCUT2D eigenvalue weighted by Gasteiger charge is -2.10. The first kappa shape index (κ1) is 15.9. The van der Waals surface area contributed by atoms with Gasteiger partial charge in [-0.05, 0) is 28.9 Å². The van der Waals surface area contributed by atoms with Gasteiger partial charge in [-0.2, -0.15) is 0 Å². The average Bonchev–Trinajstić information content (AvgIpc) is 2.26. The van der Waals surface area contributed by atoms with Crippen LogP contribution in [0.1, 0.15) is 5.56 Å². The molecule has 1 aromatic carbocycles. The van der Waals surface area contributed by atoms with Gasteiger partial charge in [-0.15, -0.1) is 0 Å². The van der Waals surface area contributed by atoms with Crippen molar-refractivity contribution in [1.82, 2.24) is 4.72 Å². The zero-order valence-electron chi connectivity index (χ0n) is 10.4. The Kier molecular flexibility index (Phi) is 5.27. The minimum Gasteiger partial charge on any atom is -0.383 e. The molecule has 0 saturated heterocycles. The highest BCUT2D eigenvalue weighted by molar-refractivity contribution is 9.10. The summed E-state index contributed by atoms with van der Waals surface area (Å²) in [7, 11) is -3.21. The molecular formula is C10H14BrN3O4S. The van der Waals surface area contributed by atoms with E-state index in [1.165, 1.54) is 6.07 Å². The second-order valence-electron chi connectivity index (χ2n) is 3.97. The van der Waals surface area contributed by atoms with Crippen LogP contribution < -0.4 is 10.0 Å². The van der Waals surface area contributed by atoms with E-state index in [9.17, 15) is 18.5 Å². The van der Waals surface area contributed by atoms with Crippen molar-refractivity contribution in [3.8, 4) is 0 Å². The molecule has 0 spiro atoms. The summed E-state index contributed by atoms with van der Waals surface area (Å²) in [6, 6.07) is 3.06. The minimum absolute atomic E-state index is 0.0340. The van der Waals surface area contributed by atoms with Gasteiger partial charge in [-0.25, -0.2) is 13.1 Å². The van der Waals surface area contributed by atoms with Crippen LogP contribution in [0.25, 0.3) is 0 Å². The van der Waals surface area contributed by atoms with Gasteiger partial charge < -0.3 is 5.32 Å². The summed E-state index contributed by atoms with van der Waals surface area (Å²) in [6.07, 6.45) is 1.08. The number of nitro benzene ring substituents is 1. The number of nitro groups is 1. The van der Waals surface area contributed by atoms with Crippen molar-refractivity contribution < 1.29 is 13.3 Å². The lowest BCUT2D eigenvalue weighted by atomic mass is 10.2. The number of benzene rings is 1. The second kappa shape index (κ2) is 6.31. The van der Waals surface area contributed by atoms with E-state index < -0.39 is 14.9 Å². The van der Waals surface area contributed by atoms with Gasteiger partial charge in [0, 0.05) is 34.9 Å². The van der Waals surface area contributed by atoms with Crippen LogP contribution in [0, 0.1) is 17.0 Å². The number of halogens is 1. The van der Waals surface area contributed by atoms with E-state index in [0.717, 1.165) is 6.26 Å². The highest BCUT2D eigenvalue weighted by Gasteiger charge is 2.13. The van der Waals surface area contributed by atoms with Crippen LogP contribution in [0.3, 0.4) is 0 Å². The van der Waals surface area contributed by atoms with Crippen LogP contribution in [0.2, 0.25) is 0 Å². The molecule has 0 amide bonds. The normalized spacial score (nSPS) is 11.3. The van der Waals surface area contributed by atoms with Crippen LogP contribution in [0.4, 0.5) is 11.4 Å². The summed E-state index contributed by atoms with van der Waals surface area (Å²) in [5, 5.41) is 13.7. The maximum absolute atomic E-state index is 10.9. The topological polar surface area (TPSA) is 101 Å². The van der Waals surface area contributed by atoms with Gasteiger partial charge in [0.05, 0.1) is 11.2 Å². The molecule has 0 radical (unpaired) electrons. The van der Waals surface area contributed by atoms with Crippen molar-refractivity contribution in [3.63, 3.8) is 0 Å². The lowest BCUT2D eigenvalue weighted by molar-refractivity contribution is -0.385. The molecule has 0 aliphatic carbocycles. The molecule has 19 heavy (non-hydrogen) atoms. The van der Waals surface area contributed by atoms with Crippen molar-refractivity contribution in [2.75, 3.05) is 24.7 Å². The molecule has 106 valence electrons. The number of nitrogens with one attached hydrogen (secondary N) is 2. The summed E-state index contributed by atoms with van der Waals surface area (Å²) in [6.45, 7) is 2.26. The first-order valence-electron chi connectivity index (χ1n) is 5.34. The largest absolute Gasteiger partial charge is 0.383 e. The number of anilines is 1. The van der Waals surface area contributed by atoms with Crippen molar-refractivity contribution in [3.05, 3.63) is 32.3 Å². The van der Waals surface area contributed by atoms with E-state index in [1.54, 1.807) is 13.0 Å². The quantitative estimate of drug-likeness (QED) is 0.460. The van der Waals surface area contributed by atoms with Gasteiger partial charge in [0.2, 0.25) is 10.0 Å². The van der Waals surface area contributed by atoms with Crippen molar-refractivity contribution in [2.24, 2.45) is 0 Å². The molecule has 2 N–H and O–H groups in total. The predicted molar refractivity (Wildman–Crippen MR) is 76.9 cm³/mol. The Hall–Kier alpha value is -1.19. The number of aryl methyl sites for hydroxylation is 1. The van der Waals surface area contributed by atoms with Gasteiger partial charge in [-0.3, -0.25) is 10.1 Å². The van der Waals surface area contributed by atoms with Crippen molar-refractivity contribution in [1.29, 1.82) is 0 Å². The molecule has 0 aliphatic heterocycles. The summed E-state index contributed by atoms with van der Waals surface area (Å²) in [5.41, 5.74) is 1.25. The molecule has 0 aliphatic rings. The van der Waals surface area contributed by atoms with Crippen LogP contribution in [-0.4, -0.2) is 32.7 Å². The summed E-state index contributed by atoms with van der Waals surface area (Å²) in [5.74, 6) is 0. The van der Waals surface area contributed by atoms with E-state index in [1.807, 2.05) is 0 Å². The van der Waals surface area contributed by atoms with Crippen LogP contribution >= 0.6 is 15.9 Å². The van der Waals surface area contributed by atoms with E-state index in [0.29, 0.717) is 22.3 Å². The van der Waals surface area contributed by atoms with Gasteiger partial charge in [0.25, 0.3) is 5.69 Å². The molecule has 0 aromatic heterocycles. The number of nitrogens with zero attached hydrogens (tertiary/aromatic N) is 1. The third kappa shape index (κ3) is 5.13. The number of rotatable bonds is 6. The number of sulfonamides is 1. The summed E-state index contributed by atoms with van der Waals surface area (Å²) in [4.78, 5) is 10.3. The van der Waals surface area contributed by atoms with E-state index in [4.69, 9.17) is 0 Å². The average molecular weight is 352 g/mol. The Bertz CT molecular complexity index is 589.